The number of fused-ring (bicyclic) bond motifs is 15. The Kier molecular flexibility index (Phi) is 8.87. The number of nitrogens with zero attached hydrogens (tertiary/aromatic N) is 2. The summed E-state index contributed by atoms with van der Waals surface area (Å²) in [6.07, 6.45) is 0. The van der Waals surface area contributed by atoms with Crippen molar-refractivity contribution < 1.29 is 8.83 Å². The molecule has 74 heavy (non-hydrogen) atoms. The predicted octanol–water partition coefficient (Wildman–Crippen LogP) is 20.0. The van der Waals surface area contributed by atoms with E-state index in [4.69, 9.17) is 8.83 Å². The Balaban J connectivity index is 0.840. The second-order valence-corrected chi connectivity index (χ2v) is 21.8. The number of para-hydroxylation sites is 2. The zero-order valence-corrected chi connectivity index (χ0v) is 42.3. The smallest absolute Gasteiger partial charge is 0.147 e. The van der Waals surface area contributed by atoms with Crippen LogP contribution in [0, 0.1) is 13.8 Å². The molecule has 4 heteroatoms. The lowest BCUT2D eigenvalue weighted by molar-refractivity contribution is 0.660. The fourth-order valence-electron chi connectivity index (χ4n) is 13.0. The van der Waals surface area contributed by atoms with Gasteiger partial charge in [-0.3, -0.25) is 0 Å². The first-order valence-electron chi connectivity index (χ1n) is 25.9. The molecule has 4 nitrogen and oxygen atoms in total. The first kappa shape index (κ1) is 42.8. The van der Waals surface area contributed by atoms with Crippen molar-refractivity contribution in [1.29, 1.82) is 0 Å². The quantitative estimate of drug-likeness (QED) is 0.166. The van der Waals surface area contributed by atoms with Crippen LogP contribution in [0.3, 0.4) is 0 Å². The molecule has 0 bridgehead atoms. The fourth-order valence-corrected chi connectivity index (χ4v) is 13.0. The maximum absolute atomic E-state index is 6.99. The summed E-state index contributed by atoms with van der Waals surface area (Å²) in [6, 6.07) is 76.0. The van der Waals surface area contributed by atoms with E-state index in [1.165, 1.54) is 55.6 Å². The van der Waals surface area contributed by atoms with Crippen molar-refractivity contribution in [3.8, 4) is 22.3 Å². The Bertz CT molecular complexity index is 4550. The predicted molar refractivity (Wildman–Crippen MR) is 310 cm³/mol. The molecule has 11 aromatic carbocycles. The van der Waals surface area contributed by atoms with Gasteiger partial charge in [0.15, 0.2) is 0 Å². The zero-order chi connectivity index (χ0) is 49.8. The molecule has 0 aliphatic heterocycles. The summed E-state index contributed by atoms with van der Waals surface area (Å²) in [5, 5.41) is 8.73. The molecule has 0 radical (unpaired) electrons. The van der Waals surface area contributed by atoms with Crippen LogP contribution in [0.5, 0.6) is 0 Å². The molecule has 0 spiro atoms. The van der Waals surface area contributed by atoms with Gasteiger partial charge in [0.25, 0.3) is 0 Å². The lowest BCUT2D eigenvalue weighted by Gasteiger charge is -2.28. The van der Waals surface area contributed by atoms with Crippen molar-refractivity contribution in [2.45, 2.75) is 52.4 Å². The summed E-state index contributed by atoms with van der Waals surface area (Å²) in [6.45, 7) is 13.8. The van der Waals surface area contributed by atoms with Crippen LogP contribution >= 0.6 is 0 Å². The van der Waals surface area contributed by atoms with Crippen molar-refractivity contribution in [3.05, 3.63) is 240 Å². The first-order chi connectivity index (χ1) is 36.0. The molecule has 0 N–H and O–H groups in total. The van der Waals surface area contributed by atoms with E-state index in [1.54, 1.807) is 0 Å². The van der Waals surface area contributed by atoms with E-state index < -0.39 is 0 Å². The topological polar surface area (TPSA) is 32.8 Å². The van der Waals surface area contributed by atoms with E-state index in [-0.39, 0.29) is 10.8 Å². The normalized spacial score (nSPS) is 14.0. The molecule has 0 saturated carbocycles. The Morgan fingerprint density at radius 1 is 0.324 bits per heavy atom. The van der Waals surface area contributed by atoms with Crippen LogP contribution in [0.4, 0.5) is 34.1 Å². The molecule has 2 aliphatic rings. The zero-order valence-electron chi connectivity index (χ0n) is 42.3. The average Bonchev–Trinajstić information content (AvgIpc) is 4.15. The molecular weight excluding hydrogens is 901 g/mol. The minimum absolute atomic E-state index is 0.0636. The van der Waals surface area contributed by atoms with Gasteiger partial charge in [0, 0.05) is 61.1 Å². The number of benzene rings is 11. The first-order valence-corrected chi connectivity index (χ1v) is 25.9. The van der Waals surface area contributed by atoms with Crippen LogP contribution in [0.1, 0.15) is 61.1 Å². The second kappa shape index (κ2) is 15.3. The number of anilines is 6. The van der Waals surface area contributed by atoms with Crippen molar-refractivity contribution in [2.24, 2.45) is 0 Å². The van der Waals surface area contributed by atoms with Crippen molar-refractivity contribution in [3.63, 3.8) is 0 Å². The third-order valence-electron chi connectivity index (χ3n) is 16.8. The monoisotopic (exact) mass is 952 g/mol. The van der Waals surface area contributed by atoms with Gasteiger partial charge in [0.2, 0.25) is 0 Å². The van der Waals surface area contributed by atoms with Gasteiger partial charge in [-0.2, -0.15) is 0 Å². The van der Waals surface area contributed by atoms with Crippen LogP contribution in [0.25, 0.3) is 87.7 Å². The summed E-state index contributed by atoms with van der Waals surface area (Å²) in [7, 11) is 0. The molecule has 15 rings (SSSR count). The molecule has 0 fully saturated rings. The largest absolute Gasteiger partial charge is 0.456 e. The number of aryl methyl sites for hydroxylation is 2. The molecule has 2 heterocycles. The molecule has 13 aromatic rings. The van der Waals surface area contributed by atoms with E-state index in [9.17, 15) is 0 Å². The highest BCUT2D eigenvalue weighted by Gasteiger charge is 2.37. The number of rotatable bonds is 6. The van der Waals surface area contributed by atoms with Crippen molar-refractivity contribution in [2.75, 3.05) is 9.80 Å². The fraction of sp³-hybridized carbons (Fsp3) is 0.114. The Morgan fingerprint density at radius 2 is 0.770 bits per heavy atom. The van der Waals surface area contributed by atoms with Gasteiger partial charge in [-0.05, 0) is 188 Å². The van der Waals surface area contributed by atoms with Gasteiger partial charge in [0.05, 0.1) is 5.39 Å². The standard InChI is InChI=1S/C70H52N2O2/c1-41-15-7-13-21-62(41)71(49-27-30-60-54(39-49)51-17-9-11-19-58(51)69(60,3)4)47-25-23-43-35-56-53-29-32-64-67(68(53)74-65(56)37-45(43)33-47)57-36-44-24-26-48(34-46(44)38-66(57)73-64)72(63-22-14-8-16-42(63)2)50-28-31-61-55(40-50)52-18-10-12-20-59(52)70(61,5)6/h7-40H,1-6H3. The van der Waals surface area contributed by atoms with Gasteiger partial charge < -0.3 is 18.6 Å². The summed E-state index contributed by atoms with van der Waals surface area (Å²) >= 11 is 0. The van der Waals surface area contributed by atoms with Gasteiger partial charge in [0.1, 0.15) is 22.3 Å². The third kappa shape index (κ3) is 6.09. The van der Waals surface area contributed by atoms with E-state index in [0.29, 0.717) is 0 Å². The molecule has 0 amide bonds. The van der Waals surface area contributed by atoms with Crippen molar-refractivity contribution in [1.82, 2.24) is 0 Å². The third-order valence-corrected chi connectivity index (χ3v) is 16.8. The SMILES string of the molecule is Cc1ccccc1N(c1ccc2c(c1)-c1ccccc1C2(C)C)c1ccc2cc3c(cc2c1)oc1c3ccc2oc3cc4cc(N(c5ccc6c(c5)-c5ccccc5C6(C)C)c5ccccc5C)ccc4cc3c21. The second-order valence-electron chi connectivity index (χ2n) is 21.8. The lowest BCUT2D eigenvalue weighted by atomic mass is 9.82. The molecule has 2 aromatic heterocycles. The van der Waals surface area contributed by atoms with E-state index >= 15 is 0 Å². The summed E-state index contributed by atoms with van der Waals surface area (Å²) < 4.78 is 13.7. The Labute approximate surface area is 430 Å². The highest BCUT2D eigenvalue weighted by atomic mass is 16.3. The number of hydrogen-bond donors (Lipinski definition) is 0. The summed E-state index contributed by atoms with van der Waals surface area (Å²) in [5.41, 5.74) is 23.1. The van der Waals surface area contributed by atoms with Crippen LogP contribution < -0.4 is 9.80 Å². The summed E-state index contributed by atoms with van der Waals surface area (Å²) in [4.78, 5) is 4.82. The van der Waals surface area contributed by atoms with Crippen LogP contribution in [-0.2, 0) is 10.8 Å². The van der Waals surface area contributed by atoms with E-state index in [2.05, 4.69) is 258 Å². The van der Waals surface area contributed by atoms with Gasteiger partial charge in [-0.15, -0.1) is 0 Å². The molecular formula is C70H52N2O2. The maximum Gasteiger partial charge on any atom is 0.147 e. The van der Waals surface area contributed by atoms with E-state index in [1.807, 2.05) is 0 Å². The van der Waals surface area contributed by atoms with Gasteiger partial charge in [-0.25, -0.2) is 0 Å². The van der Waals surface area contributed by atoms with E-state index in [0.717, 1.165) is 99.5 Å². The minimum atomic E-state index is -0.0637. The van der Waals surface area contributed by atoms with Crippen LogP contribution in [-0.4, -0.2) is 0 Å². The summed E-state index contributed by atoms with van der Waals surface area (Å²) in [5.74, 6) is 0. The highest BCUT2D eigenvalue weighted by Crippen LogP contribution is 2.53. The molecule has 0 saturated heterocycles. The van der Waals surface area contributed by atoms with Crippen LogP contribution in [0.2, 0.25) is 0 Å². The minimum Gasteiger partial charge on any atom is -0.456 e. The Hall–Kier alpha value is -8.86. The van der Waals surface area contributed by atoms with Gasteiger partial charge >= 0.3 is 0 Å². The molecule has 0 unspecified atom stereocenters. The molecule has 0 atom stereocenters. The average molecular weight is 953 g/mol. The van der Waals surface area contributed by atoms with Crippen molar-refractivity contribution >= 4 is 99.5 Å². The maximum atomic E-state index is 6.99. The molecule has 2 aliphatic carbocycles. The van der Waals surface area contributed by atoms with Crippen LogP contribution in [0.15, 0.2) is 215 Å². The Morgan fingerprint density at radius 3 is 1.31 bits per heavy atom. The highest BCUT2D eigenvalue weighted by molar-refractivity contribution is 6.24. The number of hydrogen-bond acceptors (Lipinski definition) is 4. The lowest BCUT2D eigenvalue weighted by Crippen LogP contribution is -2.15. The van der Waals surface area contributed by atoms with Gasteiger partial charge in [-0.1, -0.05) is 137 Å². The molecule has 354 valence electrons. The number of furan rings is 2.